The molecule has 2 heterocycles. The second-order valence-corrected chi connectivity index (χ2v) is 7.13. The molecule has 0 radical (unpaired) electrons. The second-order valence-electron chi connectivity index (χ2n) is 6.07. The average Bonchev–Trinajstić information content (AvgIpc) is 3.26. The van der Waals surface area contributed by atoms with Crippen LogP contribution in [0.1, 0.15) is 19.8 Å². The van der Waals surface area contributed by atoms with Crippen molar-refractivity contribution < 1.29 is 4.39 Å². The van der Waals surface area contributed by atoms with Gasteiger partial charge in [-0.1, -0.05) is 43.3 Å². The maximum atomic E-state index is 13.4. The third kappa shape index (κ3) is 3.12. The lowest BCUT2D eigenvalue weighted by atomic mass is 10.1. The minimum atomic E-state index is -0.254. The summed E-state index contributed by atoms with van der Waals surface area (Å²) in [5.41, 5.74) is 2.90. The van der Waals surface area contributed by atoms with Crippen molar-refractivity contribution in [1.29, 1.82) is 0 Å². The van der Waals surface area contributed by atoms with E-state index in [0.29, 0.717) is 0 Å². The first-order chi connectivity index (χ1) is 12.8. The monoisotopic (exact) mass is 366 g/mol. The number of unbranched alkanes of at least 4 members (excludes halogenated alkanes) is 1. The summed E-state index contributed by atoms with van der Waals surface area (Å²) in [7, 11) is 0. The van der Waals surface area contributed by atoms with Gasteiger partial charge in [0.05, 0.1) is 0 Å². The number of nitrogens with one attached hydrogen (secondary N) is 1. The Balaban J connectivity index is 1.85. The van der Waals surface area contributed by atoms with Crippen molar-refractivity contribution in [2.75, 3.05) is 5.75 Å². The zero-order valence-corrected chi connectivity index (χ0v) is 15.3. The van der Waals surface area contributed by atoms with Gasteiger partial charge >= 0.3 is 0 Å². The van der Waals surface area contributed by atoms with Crippen molar-refractivity contribution >= 4 is 22.7 Å². The van der Waals surface area contributed by atoms with Gasteiger partial charge < -0.3 is 4.98 Å². The lowest BCUT2D eigenvalue weighted by Crippen LogP contribution is -2.00. The molecule has 4 aromatic rings. The van der Waals surface area contributed by atoms with Gasteiger partial charge in [-0.05, 0) is 36.8 Å². The van der Waals surface area contributed by atoms with E-state index >= 15 is 0 Å². The fraction of sp³-hybridized carbons (Fsp3) is 0.200. The van der Waals surface area contributed by atoms with E-state index < -0.39 is 0 Å². The van der Waals surface area contributed by atoms with Crippen LogP contribution in [0.25, 0.3) is 28.0 Å². The maximum absolute atomic E-state index is 13.4. The number of hydrogen-bond donors (Lipinski definition) is 1. The Labute approximate surface area is 155 Å². The molecule has 4 nitrogen and oxygen atoms in total. The molecule has 0 amide bonds. The van der Waals surface area contributed by atoms with Crippen LogP contribution < -0.4 is 0 Å². The molecule has 132 valence electrons. The number of fused-ring (bicyclic) bond motifs is 1. The fourth-order valence-electron chi connectivity index (χ4n) is 2.93. The standard InChI is InChI=1S/C20H19FN4S/c1-2-3-12-26-20-24-23-19(25(20)15-10-8-14(21)9-11-15)17-13-22-18-7-5-4-6-16(17)18/h4-11,13,22H,2-3,12H2,1H3. The Hall–Kier alpha value is -2.60. The van der Waals surface area contributed by atoms with Gasteiger partial charge in [0.1, 0.15) is 5.82 Å². The van der Waals surface area contributed by atoms with Crippen LogP contribution in [-0.4, -0.2) is 25.5 Å². The Morgan fingerprint density at radius 3 is 2.69 bits per heavy atom. The van der Waals surface area contributed by atoms with E-state index in [9.17, 15) is 4.39 Å². The molecule has 26 heavy (non-hydrogen) atoms. The summed E-state index contributed by atoms with van der Waals surface area (Å²) in [6.07, 6.45) is 4.20. The summed E-state index contributed by atoms with van der Waals surface area (Å²) in [5.74, 6) is 1.48. The van der Waals surface area contributed by atoms with E-state index in [4.69, 9.17) is 0 Å². The van der Waals surface area contributed by atoms with Crippen LogP contribution in [0.4, 0.5) is 4.39 Å². The first-order valence-corrected chi connectivity index (χ1v) is 9.67. The molecule has 0 aliphatic carbocycles. The zero-order chi connectivity index (χ0) is 17.9. The van der Waals surface area contributed by atoms with Crippen LogP contribution in [0, 0.1) is 5.82 Å². The van der Waals surface area contributed by atoms with E-state index in [1.165, 1.54) is 12.1 Å². The first kappa shape index (κ1) is 16.8. The van der Waals surface area contributed by atoms with Crippen molar-refractivity contribution in [2.45, 2.75) is 24.9 Å². The number of benzene rings is 2. The van der Waals surface area contributed by atoms with Crippen LogP contribution in [0.2, 0.25) is 0 Å². The van der Waals surface area contributed by atoms with Crippen molar-refractivity contribution in [1.82, 2.24) is 19.7 Å². The van der Waals surface area contributed by atoms with E-state index in [2.05, 4.69) is 28.2 Å². The van der Waals surface area contributed by atoms with Crippen LogP contribution in [0.3, 0.4) is 0 Å². The fourth-order valence-corrected chi connectivity index (χ4v) is 3.96. The highest BCUT2D eigenvalue weighted by Gasteiger charge is 2.18. The normalized spacial score (nSPS) is 11.3. The number of aromatic nitrogens is 4. The van der Waals surface area contributed by atoms with Gasteiger partial charge in [-0.15, -0.1) is 10.2 Å². The van der Waals surface area contributed by atoms with Crippen LogP contribution >= 0.6 is 11.8 Å². The number of nitrogens with zero attached hydrogens (tertiary/aromatic N) is 3. The molecule has 0 fully saturated rings. The third-order valence-corrected chi connectivity index (χ3v) is 5.29. The molecule has 6 heteroatoms. The van der Waals surface area contributed by atoms with E-state index in [1.54, 1.807) is 23.9 Å². The number of rotatable bonds is 6. The maximum Gasteiger partial charge on any atom is 0.196 e. The number of hydrogen-bond acceptors (Lipinski definition) is 3. The molecular formula is C20H19FN4S. The van der Waals surface area contributed by atoms with Gasteiger partial charge in [0.15, 0.2) is 11.0 Å². The minimum Gasteiger partial charge on any atom is -0.360 e. The van der Waals surface area contributed by atoms with Crippen molar-refractivity contribution in [3.05, 3.63) is 60.5 Å². The molecule has 2 aromatic carbocycles. The Kier molecular flexibility index (Phi) is 4.75. The molecule has 2 aromatic heterocycles. The molecule has 0 bridgehead atoms. The largest absolute Gasteiger partial charge is 0.360 e. The Morgan fingerprint density at radius 1 is 1.08 bits per heavy atom. The number of aromatic amines is 1. The third-order valence-electron chi connectivity index (χ3n) is 4.28. The highest BCUT2D eigenvalue weighted by Crippen LogP contribution is 2.32. The van der Waals surface area contributed by atoms with Crippen molar-refractivity contribution in [3.8, 4) is 17.1 Å². The molecule has 0 spiro atoms. The summed E-state index contributed by atoms with van der Waals surface area (Å²) >= 11 is 1.68. The first-order valence-electron chi connectivity index (χ1n) is 8.68. The topological polar surface area (TPSA) is 46.5 Å². The summed E-state index contributed by atoms with van der Waals surface area (Å²) in [4.78, 5) is 3.29. The molecule has 0 aliphatic heterocycles. The highest BCUT2D eigenvalue weighted by molar-refractivity contribution is 7.99. The number of H-pyrrole nitrogens is 1. The SMILES string of the molecule is CCCCSc1nnc(-c2c[nH]c3ccccc23)n1-c1ccc(F)cc1. The van der Waals surface area contributed by atoms with Gasteiger partial charge in [0.25, 0.3) is 0 Å². The van der Waals surface area contributed by atoms with Crippen LogP contribution in [-0.2, 0) is 0 Å². The van der Waals surface area contributed by atoms with E-state index in [1.807, 2.05) is 29.0 Å². The predicted molar refractivity (Wildman–Crippen MR) is 104 cm³/mol. The van der Waals surface area contributed by atoms with Gasteiger partial charge in [-0.25, -0.2) is 4.39 Å². The lowest BCUT2D eigenvalue weighted by molar-refractivity contribution is 0.627. The molecule has 4 rings (SSSR count). The average molecular weight is 366 g/mol. The van der Waals surface area contributed by atoms with E-state index in [0.717, 1.165) is 51.7 Å². The highest BCUT2D eigenvalue weighted by atomic mass is 32.2. The molecule has 0 atom stereocenters. The molecule has 1 N–H and O–H groups in total. The number of thioether (sulfide) groups is 1. The van der Waals surface area contributed by atoms with Gasteiger partial charge in [0.2, 0.25) is 0 Å². The quantitative estimate of drug-likeness (QED) is 0.365. The van der Waals surface area contributed by atoms with E-state index in [-0.39, 0.29) is 5.82 Å². The molecule has 0 unspecified atom stereocenters. The van der Waals surface area contributed by atoms with Crippen molar-refractivity contribution in [2.24, 2.45) is 0 Å². The molecule has 0 aliphatic rings. The second kappa shape index (κ2) is 7.33. The van der Waals surface area contributed by atoms with Gasteiger partial charge in [0, 0.05) is 34.1 Å². The summed E-state index contributed by atoms with van der Waals surface area (Å²) in [6.45, 7) is 2.17. The van der Waals surface area contributed by atoms with Crippen molar-refractivity contribution in [3.63, 3.8) is 0 Å². The Morgan fingerprint density at radius 2 is 1.88 bits per heavy atom. The zero-order valence-electron chi connectivity index (χ0n) is 14.4. The molecular weight excluding hydrogens is 347 g/mol. The van der Waals surface area contributed by atoms with Gasteiger partial charge in [-0.3, -0.25) is 4.57 Å². The smallest absolute Gasteiger partial charge is 0.196 e. The van der Waals surface area contributed by atoms with Crippen LogP contribution in [0.5, 0.6) is 0 Å². The molecule has 0 saturated heterocycles. The molecule has 0 saturated carbocycles. The summed E-state index contributed by atoms with van der Waals surface area (Å²) < 4.78 is 15.4. The van der Waals surface area contributed by atoms with Crippen LogP contribution in [0.15, 0.2) is 59.9 Å². The predicted octanol–water partition coefficient (Wildman–Crippen LogP) is 5.45. The number of para-hydroxylation sites is 1. The minimum absolute atomic E-state index is 0.254. The Bertz CT molecular complexity index is 1020. The number of halogens is 1. The van der Waals surface area contributed by atoms with Gasteiger partial charge in [-0.2, -0.15) is 0 Å². The lowest BCUT2D eigenvalue weighted by Gasteiger charge is -2.10. The summed E-state index contributed by atoms with van der Waals surface area (Å²) in [6, 6.07) is 14.6. The summed E-state index contributed by atoms with van der Waals surface area (Å²) in [5, 5.41) is 10.8.